The number of fused-ring (bicyclic) bond motifs is 1. The van der Waals surface area contributed by atoms with Gasteiger partial charge in [0, 0.05) is 17.1 Å². The number of hydrogen-bond acceptors (Lipinski definition) is 4. The van der Waals surface area contributed by atoms with Crippen molar-refractivity contribution in [2.45, 2.75) is 6.10 Å². The van der Waals surface area contributed by atoms with Crippen LogP contribution in [0.1, 0.15) is 11.7 Å². The highest BCUT2D eigenvalue weighted by Crippen LogP contribution is 2.26. The second-order valence-electron chi connectivity index (χ2n) is 4.79. The fourth-order valence-corrected chi connectivity index (χ4v) is 2.25. The van der Waals surface area contributed by atoms with Gasteiger partial charge in [0.2, 0.25) is 6.10 Å². The summed E-state index contributed by atoms with van der Waals surface area (Å²) < 4.78 is 10.7. The van der Waals surface area contributed by atoms with Crippen molar-refractivity contribution in [1.29, 1.82) is 0 Å². The van der Waals surface area contributed by atoms with Crippen LogP contribution in [0.5, 0.6) is 5.75 Å². The van der Waals surface area contributed by atoms with Crippen LogP contribution in [0.25, 0.3) is 10.9 Å². The molecular formula is C18H15NO3. The Labute approximate surface area is 128 Å². The summed E-state index contributed by atoms with van der Waals surface area (Å²) in [7, 11) is 1.35. The van der Waals surface area contributed by atoms with Crippen molar-refractivity contribution >= 4 is 16.9 Å². The van der Waals surface area contributed by atoms with Gasteiger partial charge < -0.3 is 9.47 Å². The number of esters is 1. The topological polar surface area (TPSA) is 48.4 Å². The van der Waals surface area contributed by atoms with Gasteiger partial charge >= 0.3 is 5.97 Å². The Hall–Kier alpha value is -2.88. The lowest BCUT2D eigenvalue weighted by Gasteiger charge is -2.17. The van der Waals surface area contributed by atoms with Crippen molar-refractivity contribution in [3.63, 3.8) is 0 Å². The van der Waals surface area contributed by atoms with Gasteiger partial charge in [0.25, 0.3) is 0 Å². The largest absolute Gasteiger partial charge is 0.474 e. The van der Waals surface area contributed by atoms with Crippen LogP contribution in [0, 0.1) is 0 Å². The molecule has 3 rings (SSSR count). The van der Waals surface area contributed by atoms with Gasteiger partial charge in [0.1, 0.15) is 5.75 Å². The van der Waals surface area contributed by atoms with Crippen molar-refractivity contribution in [2.75, 3.05) is 7.11 Å². The van der Waals surface area contributed by atoms with Gasteiger partial charge in [-0.05, 0) is 24.3 Å². The zero-order valence-electron chi connectivity index (χ0n) is 12.1. The molecule has 1 heterocycles. The lowest BCUT2D eigenvalue weighted by Crippen LogP contribution is -2.20. The summed E-state index contributed by atoms with van der Waals surface area (Å²) in [5.74, 6) is 0.164. The van der Waals surface area contributed by atoms with E-state index in [1.165, 1.54) is 7.11 Å². The molecule has 110 valence electrons. The quantitative estimate of drug-likeness (QED) is 0.690. The SMILES string of the molecule is COC(=O)[C@H](Oc1ccc2ncccc2c1)c1ccccc1. The number of carbonyl (C=O) groups is 1. The second kappa shape index (κ2) is 6.26. The third kappa shape index (κ3) is 2.91. The second-order valence-corrected chi connectivity index (χ2v) is 4.79. The van der Waals surface area contributed by atoms with Crippen LogP contribution < -0.4 is 4.74 Å². The maximum atomic E-state index is 12.0. The molecule has 0 unspecified atom stereocenters. The van der Waals surface area contributed by atoms with E-state index in [0.717, 1.165) is 16.5 Å². The number of ether oxygens (including phenoxy) is 2. The first-order valence-electron chi connectivity index (χ1n) is 6.92. The maximum absolute atomic E-state index is 12.0. The van der Waals surface area contributed by atoms with Gasteiger partial charge in [-0.1, -0.05) is 36.4 Å². The summed E-state index contributed by atoms with van der Waals surface area (Å²) in [5, 5.41) is 0.955. The molecule has 0 aliphatic carbocycles. The van der Waals surface area contributed by atoms with Gasteiger partial charge in [0.05, 0.1) is 12.6 Å². The van der Waals surface area contributed by atoms with E-state index >= 15 is 0 Å². The summed E-state index contributed by atoms with van der Waals surface area (Å²) in [4.78, 5) is 16.3. The smallest absolute Gasteiger partial charge is 0.351 e. The molecule has 3 aromatic rings. The number of hydrogen-bond donors (Lipinski definition) is 0. The number of aromatic nitrogens is 1. The van der Waals surface area contributed by atoms with E-state index < -0.39 is 12.1 Å². The summed E-state index contributed by atoms with van der Waals surface area (Å²) in [6, 6.07) is 18.6. The first-order valence-corrected chi connectivity index (χ1v) is 6.92. The van der Waals surface area contributed by atoms with Gasteiger partial charge in [-0.3, -0.25) is 4.98 Å². The number of rotatable bonds is 4. The number of pyridine rings is 1. The fraction of sp³-hybridized carbons (Fsp3) is 0.111. The monoisotopic (exact) mass is 293 g/mol. The molecule has 0 aliphatic rings. The van der Waals surface area contributed by atoms with Gasteiger partial charge in [-0.2, -0.15) is 0 Å². The zero-order valence-corrected chi connectivity index (χ0v) is 12.1. The van der Waals surface area contributed by atoms with E-state index in [1.807, 2.05) is 54.6 Å². The number of benzene rings is 2. The average Bonchev–Trinajstić information content (AvgIpc) is 2.59. The summed E-state index contributed by atoms with van der Waals surface area (Å²) >= 11 is 0. The van der Waals surface area contributed by atoms with Crippen LogP contribution in [-0.4, -0.2) is 18.1 Å². The first kappa shape index (κ1) is 14.1. The minimum atomic E-state index is -0.791. The van der Waals surface area contributed by atoms with Crippen molar-refractivity contribution in [3.05, 3.63) is 72.4 Å². The summed E-state index contributed by atoms with van der Waals surface area (Å²) in [6.07, 6.45) is 0.949. The fourth-order valence-electron chi connectivity index (χ4n) is 2.25. The van der Waals surface area contributed by atoms with Crippen molar-refractivity contribution in [3.8, 4) is 5.75 Å². The molecule has 0 spiro atoms. The molecule has 4 heteroatoms. The summed E-state index contributed by atoms with van der Waals surface area (Å²) in [5.41, 5.74) is 1.63. The van der Waals surface area contributed by atoms with Crippen molar-refractivity contribution in [1.82, 2.24) is 4.98 Å². The predicted octanol–water partition coefficient (Wildman–Crippen LogP) is 3.53. The van der Waals surface area contributed by atoms with Gasteiger partial charge in [0.15, 0.2) is 0 Å². The highest BCUT2D eigenvalue weighted by molar-refractivity contribution is 5.80. The third-order valence-corrected chi connectivity index (χ3v) is 3.35. The molecule has 0 saturated carbocycles. The van der Waals surface area contributed by atoms with E-state index in [1.54, 1.807) is 12.3 Å². The van der Waals surface area contributed by atoms with E-state index in [9.17, 15) is 4.79 Å². The van der Waals surface area contributed by atoms with Crippen LogP contribution in [0.4, 0.5) is 0 Å². The molecule has 0 aliphatic heterocycles. The van der Waals surface area contributed by atoms with Crippen LogP contribution in [0.3, 0.4) is 0 Å². The van der Waals surface area contributed by atoms with E-state index in [4.69, 9.17) is 9.47 Å². The Bertz CT molecular complexity index is 786. The molecular weight excluding hydrogens is 278 g/mol. The molecule has 1 atom stereocenters. The van der Waals surface area contributed by atoms with Crippen LogP contribution in [0.15, 0.2) is 66.9 Å². The predicted molar refractivity (Wildman–Crippen MR) is 83.6 cm³/mol. The Morgan fingerprint density at radius 3 is 2.64 bits per heavy atom. The molecule has 1 aromatic heterocycles. The minimum absolute atomic E-state index is 0.433. The Balaban J connectivity index is 1.93. The maximum Gasteiger partial charge on any atom is 0.351 e. The standard InChI is InChI=1S/C18H15NO3/c1-21-18(20)17(13-6-3-2-4-7-13)22-15-9-10-16-14(12-15)8-5-11-19-16/h2-12,17H,1H3/t17-/m1/s1. The minimum Gasteiger partial charge on any atom is -0.474 e. The number of methoxy groups -OCH3 is 1. The van der Waals surface area contributed by atoms with E-state index in [0.29, 0.717) is 5.75 Å². The van der Waals surface area contributed by atoms with Gasteiger partial charge in [-0.15, -0.1) is 0 Å². The molecule has 0 amide bonds. The lowest BCUT2D eigenvalue weighted by molar-refractivity contribution is -0.149. The molecule has 4 nitrogen and oxygen atoms in total. The zero-order chi connectivity index (χ0) is 15.4. The van der Waals surface area contributed by atoms with Crippen molar-refractivity contribution in [2.24, 2.45) is 0 Å². The van der Waals surface area contributed by atoms with E-state index in [2.05, 4.69) is 4.98 Å². The Kier molecular flexibility index (Phi) is 4.01. The third-order valence-electron chi connectivity index (χ3n) is 3.35. The Morgan fingerprint density at radius 1 is 1.05 bits per heavy atom. The number of carbonyl (C=O) groups excluding carboxylic acids is 1. The molecule has 0 bridgehead atoms. The normalized spacial score (nSPS) is 11.9. The van der Waals surface area contributed by atoms with Gasteiger partial charge in [-0.25, -0.2) is 4.79 Å². The highest BCUT2D eigenvalue weighted by atomic mass is 16.6. The molecule has 0 saturated heterocycles. The molecule has 0 N–H and O–H groups in total. The molecule has 0 radical (unpaired) electrons. The van der Waals surface area contributed by atoms with Crippen molar-refractivity contribution < 1.29 is 14.3 Å². The molecule has 2 aromatic carbocycles. The Morgan fingerprint density at radius 2 is 1.86 bits per heavy atom. The van der Waals surface area contributed by atoms with E-state index in [-0.39, 0.29) is 0 Å². The van der Waals surface area contributed by atoms with Crippen LogP contribution >= 0.6 is 0 Å². The molecule has 22 heavy (non-hydrogen) atoms. The van der Waals surface area contributed by atoms with Crippen LogP contribution in [-0.2, 0) is 9.53 Å². The average molecular weight is 293 g/mol. The lowest BCUT2D eigenvalue weighted by atomic mass is 10.1. The van der Waals surface area contributed by atoms with Crippen LogP contribution in [0.2, 0.25) is 0 Å². The molecule has 0 fully saturated rings. The number of nitrogens with zero attached hydrogens (tertiary/aromatic N) is 1. The summed E-state index contributed by atoms with van der Waals surface area (Å²) in [6.45, 7) is 0. The highest BCUT2D eigenvalue weighted by Gasteiger charge is 2.23. The first-order chi connectivity index (χ1) is 10.8.